The maximum atomic E-state index is 14.8. The van der Waals surface area contributed by atoms with E-state index in [1.807, 2.05) is 35.9 Å². The number of anilines is 1. The Bertz CT molecular complexity index is 1460. The Balaban J connectivity index is 1.61. The van der Waals surface area contributed by atoms with Gasteiger partial charge in [0.05, 0.1) is 29.5 Å². The summed E-state index contributed by atoms with van der Waals surface area (Å²) in [5, 5.41) is 9.44. The lowest BCUT2D eigenvalue weighted by Crippen LogP contribution is -2.25. The van der Waals surface area contributed by atoms with Crippen molar-refractivity contribution in [3.63, 3.8) is 0 Å². The van der Waals surface area contributed by atoms with Gasteiger partial charge in [-0.3, -0.25) is 4.79 Å². The summed E-state index contributed by atoms with van der Waals surface area (Å²) in [7, 11) is 0. The standard InChI is InChI=1S/C25H21F2N5O/c1-15-5-2-3-7-21(15)32-22(33)11-10-20(28-32)23-24(18-9-8-16(26)13-19(18)27)29-31-14-17-6-4-12-30(17)25(23)31/h2-3,5,7-11,13,17H,4,6,12,14H2,1H3/t17-/m0/s1. The van der Waals surface area contributed by atoms with Crippen molar-refractivity contribution < 1.29 is 8.78 Å². The van der Waals surface area contributed by atoms with E-state index in [2.05, 4.69) is 4.90 Å². The molecule has 4 heterocycles. The van der Waals surface area contributed by atoms with Gasteiger partial charge in [-0.2, -0.15) is 14.9 Å². The highest BCUT2D eigenvalue weighted by Gasteiger charge is 2.39. The molecule has 2 aliphatic heterocycles. The number of halogens is 2. The molecule has 0 amide bonds. The van der Waals surface area contributed by atoms with Gasteiger partial charge in [0.1, 0.15) is 23.1 Å². The van der Waals surface area contributed by atoms with Crippen LogP contribution >= 0.6 is 0 Å². The lowest BCUT2D eigenvalue weighted by atomic mass is 10.0. The van der Waals surface area contributed by atoms with Crippen molar-refractivity contribution in [3.8, 4) is 28.2 Å². The SMILES string of the molecule is Cc1ccccc1-n1nc(-c2c(-c3ccc(F)cc3F)nn3c2N2CCC[C@H]2C3)ccc1=O. The van der Waals surface area contributed by atoms with Gasteiger partial charge in [0.2, 0.25) is 0 Å². The van der Waals surface area contributed by atoms with Gasteiger partial charge in [0.15, 0.2) is 0 Å². The first-order valence-corrected chi connectivity index (χ1v) is 11.0. The van der Waals surface area contributed by atoms with Gasteiger partial charge in [-0.1, -0.05) is 18.2 Å². The van der Waals surface area contributed by atoms with Crippen LogP contribution in [0.3, 0.4) is 0 Å². The average Bonchev–Trinajstić information content (AvgIpc) is 3.46. The molecule has 6 rings (SSSR count). The molecule has 1 fully saturated rings. The second-order valence-electron chi connectivity index (χ2n) is 8.60. The molecule has 166 valence electrons. The molecule has 6 nitrogen and oxygen atoms in total. The molecule has 0 N–H and O–H groups in total. The molecule has 0 radical (unpaired) electrons. The van der Waals surface area contributed by atoms with Crippen LogP contribution in [-0.2, 0) is 6.54 Å². The lowest BCUT2D eigenvalue weighted by molar-refractivity contribution is 0.575. The van der Waals surface area contributed by atoms with E-state index in [1.165, 1.54) is 22.9 Å². The Morgan fingerprint density at radius 1 is 1.03 bits per heavy atom. The van der Waals surface area contributed by atoms with E-state index in [-0.39, 0.29) is 11.1 Å². The number of aromatic nitrogens is 4. The highest BCUT2D eigenvalue weighted by molar-refractivity contribution is 5.89. The molecule has 0 saturated carbocycles. The molecule has 1 saturated heterocycles. The smallest absolute Gasteiger partial charge is 0.271 e. The minimum absolute atomic E-state index is 0.208. The number of rotatable bonds is 3. The molecule has 4 aromatic rings. The molecule has 0 spiro atoms. The van der Waals surface area contributed by atoms with Crippen molar-refractivity contribution in [1.29, 1.82) is 0 Å². The zero-order chi connectivity index (χ0) is 22.7. The van der Waals surface area contributed by atoms with E-state index in [9.17, 15) is 13.6 Å². The van der Waals surface area contributed by atoms with Crippen LogP contribution in [0.25, 0.3) is 28.2 Å². The molecule has 0 bridgehead atoms. The molecule has 0 aliphatic carbocycles. The summed E-state index contributed by atoms with van der Waals surface area (Å²) in [5.74, 6) is -0.452. The Kier molecular flexibility index (Phi) is 4.43. The number of hydrogen-bond acceptors (Lipinski definition) is 4. The Morgan fingerprint density at radius 3 is 2.70 bits per heavy atom. The van der Waals surface area contributed by atoms with E-state index >= 15 is 0 Å². The van der Waals surface area contributed by atoms with Crippen LogP contribution in [0.2, 0.25) is 0 Å². The van der Waals surface area contributed by atoms with Gasteiger partial charge in [0, 0.05) is 24.2 Å². The van der Waals surface area contributed by atoms with Crippen molar-refractivity contribution in [2.45, 2.75) is 32.4 Å². The Morgan fingerprint density at radius 2 is 1.88 bits per heavy atom. The number of aryl methyl sites for hydroxylation is 1. The second-order valence-corrected chi connectivity index (χ2v) is 8.60. The summed E-state index contributed by atoms with van der Waals surface area (Å²) in [6, 6.07) is 14.5. The average molecular weight is 445 g/mol. The molecule has 33 heavy (non-hydrogen) atoms. The van der Waals surface area contributed by atoms with Crippen LogP contribution in [0.4, 0.5) is 14.6 Å². The number of benzene rings is 2. The first-order valence-electron chi connectivity index (χ1n) is 11.0. The largest absolute Gasteiger partial charge is 0.351 e. The summed E-state index contributed by atoms with van der Waals surface area (Å²) in [6.07, 6.45) is 2.14. The van der Waals surface area contributed by atoms with Gasteiger partial charge >= 0.3 is 0 Å². The quantitative estimate of drug-likeness (QED) is 0.471. The number of fused-ring (bicyclic) bond motifs is 3. The third kappa shape index (κ3) is 3.08. The van der Waals surface area contributed by atoms with Crippen LogP contribution in [0, 0.1) is 18.6 Å². The second kappa shape index (κ2) is 7.37. The predicted molar refractivity (Wildman–Crippen MR) is 122 cm³/mol. The van der Waals surface area contributed by atoms with E-state index in [0.717, 1.165) is 36.8 Å². The third-order valence-corrected chi connectivity index (χ3v) is 6.54. The Labute approximate surface area is 188 Å². The Hall–Kier alpha value is -3.81. The van der Waals surface area contributed by atoms with Crippen LogP contribution in [0.1, 0.15) is 18.4 Å². The van der Waals surface area contributed by atoms with Crippen molar-refractivity contribution >= 4 is 5.82 Å². The molecule has 2 aromatic heterocycles. The summed E-state index contributed by atoms with van der Waals surface area (Å²) < 4.78 is 31.7. The van der Waals surface area contributed by atoms with Crippen molar-refractivity contribution in [2.24, 2.45) is 0 Å². The third-order valence-electron chi connectivity index (χ3n) is 6.54. The van der Waals surface area contributed by atoms with Gasteiger partial charge in [-0.05, 0) is 49.6 Å². The first-order chi connectivity index (χ1) is 16.0. The van der Waals surface area contributed by atoms with Crippen LogP contribution in [0.15, 0.2) is 59.4 Å². The van der Waals surface area contributed by atoms with Crippen LogP contribution in [0.5, 0.6) is 0 Å². The fourth-order valence-electron chi connectivity index (χ4n) is 5.00. The monoisotopic (exact) mass is 445 g/mol. The fraction of sp³-hybridized carbons (Fsp3) is 0.240. The molecular formula is C25H21F2N5O. The van der Waals surface area contributed by atoms with Crippen molar-refractivity contribution in [1.82, 2.24) is 19.6 Å². The summed E-state index contributed by atoms with van der Waals surface area (Å²) in [6.45, 7) is 3.51. The van der Waals surface area contributed by atoms with Gasteiger partial charge < -0.3 is 4.90 Å². The molecule has 2 aliphatic rings. The zero-order valence-corrected chi connectivity index (χ0v) is 18.0. The minimum Gasteiger partial charge on any atom is -0.351 e. The highest BCUT2D eigenvalue weighted by Crippen LogP contribution is 2.45. The first kappa shape index (κ1) is 19.8. The van der Waals surface area contributed by atoms with E-state index < -0.39 is 11.6 Å². The van der Waals surface area contributed by atoms with Gasteiger partial charge in [-0.15, -0.1) is 0 Å². The van der Waals surface area contributed by atoms with E-state index in [0.29, 0.717) is 35.2 Å². The number of nitrogens with zero attached hydrogens (tertiary/aromatic N) is 5. The lowest BCUT2D eigenvalue weighted by Gasteiger charge is -2.19. The maximum absolute atomic E-state index is 14.8. The summed E-state index contributed by atoms with van der Waals surface area (Å²) in [4.78, 5) is 15.0. The minimum atomic E-state index is -0.682. The summed E-state index contributed by atoms with van der Waals surface area (Å²) >= 11 is 0. The van der Waals surface area contributed by atoms with Gasteiger partial charge in [0.25, 0.3) is 5.56 Å². The van der Waals surface area contributed by atoms with Crippen molar-refractivity contribution in [3.05, 3.63) is 82.1 Å². The zero-order valence-electron chi connectivity index (χ0n) is 18.0. The highest BCUT2D eigenvalue weighted by atomic mass is 19.1. The summed E-state index contributed by atoms with van der Waals surface area (Å²) in [5.41, 5.74) is 3.12. The van der Waals surface area contributed by atoms with Crippen LogP contribution < -0.4 is 10.5 Å². The van der Waals surface area contributed by atoms with E-state index in [1.54, 1.807) is 6.07 Å². The van der Waals surface area contributed by atoms with Crippen LogP contribution in [-0.4, -0.2) is 32.1 Å². The molecule has 1 atom stereocenters. The number of hydrogen-bond donors (Lipinski definition) is 0. The molecule has 2 aromatic carbocycles. The topological polar surface area (TPSA) is 56.0 Å². The molecular weight excluding hydrogens is 424 g/mol. The van der Waals surface area contributed by atoms with Gasteiger partial charge in [-0.25, -0.2) is 13.5 Å². The normalized spacial score (nSPS) is 16.8. The number of para-hydroxylation sites is 1. The van der Waals surface area contributed by atoms with E-state index in [4.69, 9.17) is 10.2 Å². The fourth-order valence-corrected chi connectivity index (χ4v) is 5.00. The van der Waals surface area contributed by atoms with Crippen molar-refractivity contribution in [2.75, 3.05) is 11.4 Å². The molecule has 0 unspecified atom stereocenters. The predicted octanol–water partition coefficient (Wildman–Crippen LogP) is 4.33. The molecule has 8 heteroatoms. The maximum Gasteiger partial charge on any atom is 0.271 e.